The summed E-state index contributed by atoms with van der Waals surface area (Å²) in [4.78, 5) is -9.05. The van der Waals surface area contributed by atoms with Crippen LogP contribution < -0.4 is 0 Å². The Morgan fingerprint density at radius 2 is 0.731 bits per heavy atom. The highest BCUT2D eigenvalue weighted by atomic mass is 32.2. The van der Waals surface area contributed by atoms with Gasteiger partial charge in [-0.15, -0.1) is 48.8 Å². The summed E-state index contributed by atoms with van der Waals surface area (Å²) < 4.78 is 149. The Labute approximate surface area is 157 Å². The van der Waals surface area contributed by atoms with Crippen molar-refractivity contribution in [3.05, 3.63) is 19.6 Å². The van der Waals surface area contributed by atoms with Crippen LogP contribution in [0.2, 0.25) is 0 Å². The largest absolute Gasteiger partial charge is 0.423 e. The van der Waals surface area contributed by atoms with E-state index in [1.165, 1.54) is 0 Å². The van der Waals surface area contributed by atoms with Crippen molar-refractivity contribution < 1.29 is 52.7 Å². The Balaban J connectivity index is 5.31. The lowest BCUT2D eigenvalue weighted by Gasteiger charge is -2.18. The molecule has 0 aromatic heterocycles. The third-order valence-electron chi connectivity index (χ3n) is 2.06. The summed E-state index contributed by atoms with van der Waals surface area (Å²) in [6.45, 7) is 0. The van der Waals surface area contributed by atoms with Gasteiger partial charge in [0.1, 0.15) is 19.6 Å². The molecule has 0 nitrogen and oxygen atoms in total. The van der Waals surface area contributed by atoms with Gasteiger partial charge in [-0.1, -0.05) is 0 Å². The van der Waals surface area contributed by atoms with Crippen LogP contribution in [0.15, 0.2) is 19.6 Å². The second kappa shape index (κ2) is 9.03. The van der Waals surface area contributed by atoms with E-state index in [0.29, 0.717) is 0 Å². The van der Waals surface area contributed by atoms with Crippen molar-refractivity contribution in [2.24, 2.45) is 0 Å². The van der Waals surface area contributed by atoms with Crippen molar-refractivity contribution in [1.82, 2.24) is 0 Å². The van der Waals surface area contributed by atoms with E-state index in [-0.39, 0.29) is 0 Å². The molecule has 0 saturated heterocycles. The third kappa shape index (κ3) is 8.37. The summed E-state index contributed by atoms with van der Waals surface area (Å²) in [7, 11) is 0. The number of alkyl halides is 12. The zero-order valence-corrected chi connectivity index (χ0v) is 15.1. The molecule has 0 amide bonds. The summed E-state index contributed by atoms with van der Waals surface area (Å²) in [5.41, 5.74) is 0. The molecule has 0 atom stereocenters. The molecule has 0 fully saturated rings. The van der Waals surface area contributed by atoms with Crippen LogP contribution in [-0.4, -0.2) is 36.2 Å². The Hall–Kier alpha value is 0.0400. The first-order valence-electron chi connectivity index (χ1n) is 5.70. The highest BCUT2D eigenvalue weighted by Gasteiger charge is 2.46. The van der Waals surface area contributed by atoms with Crippen molar-refractivity contribution in [2.75, 3.05) is 11.5 Å². The quantitative estimate of drug-likeness (QED) is 0.246. The van der Waals surface area contributed by atoms with Crippen molar-refractivity contribution in [3.63, 3.8) is 0 Å². The first-order chi connectivity index (χ1) is 11.3. The standard InChI is InChI=1S/C10H6F12S4/c11-7(12,13)3(23)5(9(17,18)19)25-1-2-26-6(10(20,21)22)4(24)8(14,15)16/h23-24H,1-2H2/b5-3+,6-4+. The van der Waals surface area contributed by atoms with Gasteiger partial charge in [0, 0.05) is 11.5 Å². The van der Waals surface area contributed by atoms with Gasteiger partial charge in [-0.05, 0) is 0 Å². The average Bonchev–Trinajstić information content (AvgIpc) is 2.36. The molecule has 0 aliphatic carbocycles. The molecule has 0 bridgehead atoms. The SMILES string of the molecule is FC(F)(F)/C(S)=C(\SCCS/C(=C(/S)C(F)(F)F)C(F)(F)F)C(F)(F)F. The minimum absolute atomic E-state index is 0.523. The minimum Gasteiger partial charge on any atom is -0.166 e. The van der Waals surface area contributed by atoms with Crippen molar-refractivity contribution >= 4 is 48.8 Å². The van der Waals surface area contributed by atoms with Crippen molar-refractivity contribution in [1.29, 1.82) is 0 Å². The van der Waals surface area contributed by atoms with E-state index in [4.69, 9.17) is 0 Å². The number of thioether (sulfide) groups is 2. The van der Waals surface area contributed by atoms with Crippen molar-refractivity contribution in [3.8, 4) is 0 Å². The van der Waals surface area contributed by atoms with Crippen LogP contribution in [0.1, 0.15) is 0 Å². The smallest absolute Gasteiger partial charge is 0.166 e. The van der Waals surface area contributed by atoms with E-state index >= 15 is 0 Å². The average molecular weight is 482 g/mol. The normalized spacial score (nSPS) is 16.4. The number of allylic oxidation sites excluding steroid dienone is 4. The molecule has 26 heavy (non-hydrogen) atoms. The van der Waals surface area contributed by atoms with Gasteiger partial charge in [-0.25, -0.2) is 0 Å². The first-order valence-corrected chi connectivity index (χ1v) is 8.57. The maximum Gasteiger partial charge on any atom is 0.423 e. The third-order valence-corrected chi connectivity index (χ3v) is 5.84. The molecule has 0 aliphatic rings. The number of halogens is 12. The molecular formula is C10H6F12S4. The second-order valence-electron chi connectivity index (χ2n) is 4.04. The monoisotopic (exact) mass is 482 g/mol. The lowest BCUT2D eigenvalue weighted by molar-refractivity contribution is -0.103. The zero-order chi connectivity index (χ0) is 21.1. The van der Waals surface area contributed by atoms with E-state index in [0.717, 1.165) is 0 Å². The number of hydrogen-bond acceptors (Lipinski definition) is 4. The predicted molar refractivity (Wildman–Crippen MR) is 81.2 cm³/mol. The van der Waals surface area contributed by atoms with Gasteiger partial charge in [-0.3, -0.25) is 0 Å². The molecule has 0 aromatic rings. The molecule has 0 radical (unpaired) electrons. The van der Waals surface area contributed by atoms with Gasteiger partial charge < -0.3 is 0 Å². The molecule has 0 N–H and O–H groups in total. The highest BCUT2D eigenvalue weighted by molar-refractivity contribution is 8.07. The molecule has 0 unspecified atom stereocenters. The first kappa shape index (κ1) is 26.0. The van der Waals surface area contributed by atoms with Gasteiger partial charge in [0.25, 0.3) is 0 Å². The molecule has 0 aliphatic heterocycles. The fourth-order valence-corrected chi connectivity index (χ4v) is 3.66. The van der Waals surface area contributed by atoms with Crippen LogP contribution in [0.3, 0.4) is 0 Å². The molecule has 16 heteroatoms. The molecule has 0 heterocycles. The van der Waals surface area contributed by atoms with E-state index in [1.54, 1.807) is 0 Å². The summed E-state index contributed by atoms with van der Waals surface area (Å²) in [6.07, 6.45) is -21.9. The van der Waals surface area contributed by atoms with Crippen LogP contribution in [0.5, 0.6) is 0 Å². The molecule has 0 rings (SSSR count). The fourth-order valence-electron chi connectivity index (χ4n) is 1.11. The van der Waals surface area contributed by atoms with Crippen LogP contribution >= 0.6 is 48.8 Å². The van der Waals surface area contributed by atoms with Crippen molar-refractivity contribution in [2.45, 2.75) is 24.7 Å². The van der Waals surface area contributed by atoms with E-state index in [2.05, 4.69) is 25.3 Å². The van der Waals surface area contributed by atoms with Crippen LogP contribution in [0.4, 0.5) is 52.7 Å². The number of thiol groups is 2. The Kier molecular flexibility index (Phi) is 9.04. The summed E-state index contributed by atoms with van der Waals surface area (Å²) >= 11 is 4.38. The maximum absolute atomic E-state index is 12.6. The van der Waals surface area contributed by atoms with E-state index in [9.17, 15) is 52.7 Å². The van der Waals surface area contributed by atoms with Gasteiger partial charge in [0.2, 0.25) is 0 Å². The van der Waals surface area contributed by atoms with Crippen LogP contribution in [-0.2, 0) is 0 Å². The Morgan fingerprint density at radius 1 is 0.500 bits per heavy atom. The fraction of sp³-hybridized carbons (Fsp3) is 0.600. The Bertz CT molecular complexity index is 498. The summed E-state index contributed by atoms with van der Waals surface area (Å²) in [5, 5.41) is 0. The molecular weight excluding hydrogens is 476 g/mol. The summed E-state index contributed by atoms with van der Waals surface area (Å²) in [6, 6.07) is 0. The highest BCUT2D eigenvalue weighted by Crippen LogP contribution is 2.46. The lowest BCUT2D eigenvalue weighted by Crippen LogP contribution is -2.19. The number of rotatable bonds is 5. The van der Waals surface area contributed by atoms with Crippen LogP contribution in [0, 0.1) is 0 Å². The summed E-state index contributed by atoms with van der Waals surface area (Å²) in [5.74, 6) is -2.00. The molecule has 0 saturated carbocycles. The molecule has 154 valence electrons. The van der Waals surface area contributed by atoms with Gasteiger partial charge >= 0.3 is 24.7 Å². The topological polar surface area (TPSA) is 0 Å². The predicted octanol–water partition coefficient (Wildman–Crippen LogP) is 6.98. The Morgan fingerprint density at radius 3 is 0.885 bits per heavy atom. The molecule has 0 aromatic carbocycles. The van der Waals surface area contributed by atoms with Gasteiger partial charge in [0.15, 0.2) is 0 Å². The molecule has 0 spiro atoms. The van der Waals surface area contributed by atoms with Gasteiger partial charge in [0.05, 0.1) is 0 Å². The van der Waals surface area contributed by atoms with E-state index < -0.39 is 79.4 Å². The lowest BCUT2D eigenvalue weighted by atomic mass is 10.4. The number of hydrogen-bond donors (Lipinski definition) is 2. The zero-order valence-electron chi connectivity index (χ0n) is 11.7. The van der Waals surface area contributed by atoms with Crippen LogP contribution in [0.25, 0.3) is 0 Å². The minimum atomic E-state index is -5.49. The van der Waals surface area contributed by atoms with Gasteiger partial charge in [-0.2, -0.15) is 52.7 Å². The van der Waals surface area contributed by atoms with E-state index in [1.807, 2.05) is 0 Å². The second-order valence-corrected chi connectivity index (χ2v) is 7.15. The maximum atomic E-state index is 12.6.